The molecular formula is C15H16O2. The Kier molecular flexibility index (Phi) is 2.63. The van der Waals surface area contributed by atoms with Gasteiger partial charge in [-0.05, 0) is 19.8 Å². The van der Waals surface area contributed by atoms with Crippen LogP contribution in [0.2, 0.25) is 0 Å². The Labute approximate surface area is 102 Å². The third-order valence-corrected chi connectivity index (χ3v) is 3.18. The Bertz CT molecular complexity index is 505. The lowest BCUT2D eigenvalue weighted by Crippen LogP contribution is -2.07. The molecule has 88 valence electrons. The molecule has 0 saturated carbocycles. The monoisotopic (exact) mass is 228 g/mol. The fourth-order valence-corrected chi connectivity index (χ4v) is 2.50. The Morgan fingerprint density at radius 2 is 2.00 bits per heavy atom. The second-order valence-corrected chi connectivity index (χ2v) is 4.26. The summed E-state index contributed by atoms with van der Waals surface area (Å²) in [6.07, 6.45) is 2.14. The molecule has 2 nitrogen and oxygen atoms in total. The van der Waals surface area contributed by atoms with E-state index in [1.807, 2.05) is 13.0 Å². The van der Waals surface area contributed by atoms with Crippen LogP contribution < -0.4 is 9.47 Å². The number of hydrogen-bond acceptors (Lipinski definition) is 2. The fourth-order valence-electron chi connectivity index (χ4n) is 2.50. The Balaban J connectivity index is 2.25. The van der Waals surface area contributed by atoms with Crippen LogP contribution in [0.15, 0.2) is 30.3 Å². The molecule has 0 fully saturated rings. The molecule has 0 amide bonds. The van der Waals surface area contributed by atoms with Crippen molar-refractivity contribution in [2.45, 2.75) is 19.8 Å². The third-order valence-electron chi connectivity index (χ3n) is 3.18. The van der Waals surface area contributed by atoms with Gasteiger partial charge < -0.3 is 9.47 Å². The normalized spacial score (nSPS) is 14.2. The lowest BCUT2D eigenvalue weighted by Gasteiger charge is -2.15. The average molecular weight is 228 g/mol. The van der Waals surface area contributed by atoms with Crippen molar-refractivity contribution in [1.82, 2.24) is 0 Å². The SMILES string of the molecule is CCOc1c2cccccc-2c2c1CCCO2. The number of ether oxygens (including phenoxy) is 2. The molecule has 0 bridgehead atoms. The molecule has 0 aromatic carbocycles. The van der Waals surface area contributed by atoms with Crippen LogP contribution in [0.1, 0.15) is 18.9 Å². The largest absolute Gasteiger partial charge is 0.493 e. The van der Waals surface area contributed by atoms with Gasteiger partial charge in [-0.25, -0.2) is 0 Å². The Morgan fingerprint density at radius 1 is 1.18 bits per heavy atom. The van der Waals surface area contributed by atoms with Gasteiger partial charge in [-0.2, -0.15) is 0 Å². The van der Waals surface area contributed by atoms with E-state index < -0.39 is 0 Å². The van der Waals surface area contributed by atoms with Gasteiger partial charge in [0.15, 0.2) is 0 Å². The lowest BCUT2D eigenvalue weighted by atomic mass is 10.1. The molecule has 0 atom stereocenters. The van der Waals surface area contributed by atoms with Crippen LogP contribution in [-0.2, 0) is 6.42 Å². The van der Waals surface area contributed by atoms with Crippen LogP contribution in [0, 0.1) is 0 Å². The molecule has 0 aromatic heterocycles. The summed E-state index contributed by atoms with van der Waals surface area (Å²) in [4.78, 5) is 0. The molecule has 0 saturated heterocycles. The quantitative estimate of drug-likeness (QED) is 0.783. The minimum Gasteiger partial charge on any atom is -0.493 e. The molecule has 2 aliphatic carbocycles. The third kappa shape index (κ3) is 1.64. The van der Waals surface area contributed by atoms with Gasteiger partial charge in [-0.3, -0.25) is 0 Å². The first-order valence-electron chi connectivity index (χ1n) is 6.21. The van der Waals surface area contributed by atoms with Gasteiger partial charge in [0.05, 0.1) is 13.2 Å². The fraction of sp³-hybridized carbons (Fsp3) is 0.333. The van der Waals surface area contributed by atoms with Crippen molar-refractivity contribution in [2.24, 2.45) is 0 Å². The highest BCUT2D eigenvalue weighted by Crippen LogP contribution is 2.49. The van der Waals surface area contributed by atoms with Crippen LogP contribution in [0.25, 0.3) is 11.1 Å². The van der Waals surface area contributed by atoms with Crippen molar-refractivity contribution >= 4 is 0 Å². The van der Waals surface area contributed by atoms with Crippen molar-refractivity contribution in [3.63, 3.8) is 0 Å². The summed E-state index contributed by atoms with van der Waals surface area (Å²) in [6.45, 7) is 3.54. The molecule has 3 rings (SSSR count). The van der Waals surface area contributed by atoms with E-state index in [-0.39, 0.29) is 0 Å². The Hall–Kier alpha value is -1.70. The van der Waals surface area contributed by atoms with Crippen LogP contribution in [-0.4, -0.2) is 13.2 Å². The zero-order valence-electron chi connectivity index (χ0n) is 10.0. The van der Waals surface area contributed by atoms with Crippen molar-refractivity contribution in [2.75, 3.05) is 13.2 Å². The van der Waals surface area contributed by atoms with E-state index in [9.17, 15) is 0 Å². The minimum atomic E-state index is 0.699. The van der Waals surface area contributed by atoms with Gasteiger partial charge in [0.1, 0.15) is 11.5 Å². The molecule has 0 aromatic rings. The van der Waals surface area contributed by atoms with Crippen molar-refractivity contribution in [3.05, 3.63) is 35.9 Å². The number of rotatable bonds is 2. The molecule has 3 aliphatic rings. The molecular weight excluding hydrogens is 212 g/mol. The maximum absolute atomic E-state index is 5.83. The van der Waals surface area contributed by atoms with E-state index in [1.54, 1.807) is 0 Å². The van der Waals surface area contributed by atoms with Crippen LogP contribution in [0.4, 0.5) is 0 Å². The van der Waals surface area contributed by atoms with Gasteiger partial charge >= 0.3 is 0 Å². The smallest absolute Gasteiger partial charge is 0.134 e. The zero-order chi connectivity index (χ0) is 11.7. The first-order valence-corrected chi connectivity index (χ1v) is 6.21. The van der Waals surface area contributed by atoms with Crippen LogP contribution in [0.5, 0.6) is 11.5 Å². The second-order valence-electron chi connectivity index (χ2n) is 4.26. The molecule has 17 heavy (non-hydrogen) atoms. The summed E-state index contributed by atoms with van der Waals surface area (Å²) in [5, 5.41) is 0. The van der Waals surface area contributed by atoms with E-state index in [0.29, 0.717) is 6.61 Å². The first-order chi connectivity index (χ1) is 8.42. The standard InChI is InChI=1S/C15H16O2/c1-2-16-14-11-7-4-3-5-8-12(11)15-13(14)9-6-10-17-15/h3-5,7-8H,2,6,9-10H2,1H3. The number of hydrogen-bond donors (Lipinski definition) is 0. The molecule has 0 N–H and O–H groups in total. The van der Waals surface area contributed by atoms with Crippen molar-refractivity contribution in [1.29, 1.82) is 0 Å². The summed E-state index contributed by atoms with van der Waals surface area (Å²) in [6, 6.07) is 10.4. The zero-order valence-corrected chi connectivity index (χ0v) is 10.0. The second kappa shape index (κ2) is 4.28. The summed E-state index contributed by atoms with van der Waals surface area (Å²) in [5.41, 5.74) is 3.59. The molecule has 0 radical (unpaired) electrons. The molecule has 0 spiro atoms. The van der Waals surface area contributed by atoms with Gasteiger partial charge in [0.2, 0.25) is 0 Å². The molecule has 1 heterocycles. The van der Waals surface area contributed by atoms with Gasteiger partial charge in [0.25, 0.3) is 0 Å². The van der Waals surface area contributed by atoms with Crippen molar-refractivity contribution in [3.8, 4) is 22.6 Å². The van der Waals surface area contributed by atoms with Gasteiger partial charge in [-0.15, -0.1) is 0 Å². The van der Waals surface area contributed by atoms with E-state index in [4.69, 9.17) is 9.47 Å². The first kappa shape index (κ1) is 10.5. The summed E-state index contributed by atoms with van der Waals surface area (Å²) < 4.78 is 11.6. The highest BCUT2D eigenvalue weighted by molar-refractivity contribution is 5.84. The van der Waals surface area contributed by atoms with Crippen molar-refractivity contribution < 1.29 is 9.47 Å². The van der Waals surface area contributed by atoms with Crippen LogP contribution in [0.3, 0.4) is 0 Å². The molecule has 0 unspecified atom stereocenters. The van der Waals surface area contributed by atoms with E-state index in [1.165, 1.54) is 16.7 Å². The average Bonchev–Trinajstić information content (AvgIpc) is 2.55. The molecule has 1 aliphatic heterocycles. The Morgan fingerprint density at radius 3 is 2.82 bits per heavy atom. The summed E-state index contributed by atoms with van der Waals surface area (Å²) in [5.74, 6) is 2.05. The van der Waals surface area contributed by atoms with Crippen LogP contribution >= 0.6 is 0 Å². The topological polar surface area (TPSA) is 18.5 Å². The predicted molar refractivity (Wildman–Crippen MR) is 68.0 cm³/mol. The summed E-state index contributed by atoms with van der Waals surface area (Å²) in [7, 11) is 0. The maximum Gasteiger partial charge on any atom is 0.134 e. The molecule has 2 heteroatoms. The van der Waals surface area contributed by atoms with Gasteiger partial charge in [0, 0.05) is 16.7 Å². The minimum absolute atomic E-state index is 0.699. The summed E-state index contributed by atoms with van der Waals surface area (Å²) >= 11 is 0. The van der Waals surface area contributed by atoms with E-state index in [0.717, 1.165) is 30.9 Å². The predicted octanol–water partition coefficient (Wildman–Crippen LogP) is 3.52. The van der Waals surface area contributed by atoms with Gasteiger partial charge in [-0.1, -0.05) is 30.3 Å². The highest BCUT2D eigenvalue weighted by atomic mass is 16.5. The number of fused-ring (bicyclic) bond motifs is 3. The lowest BCUT2D eigenvalue weighted by molar-refractivity contribution is 0.283. The highest BCUT2D eigenvalue weighted by Gasteiger charge is 2.26. The van der Waals surface area contributed by atoms with E-state index >= 15 is 0 Å². The van der Waals surface area contributed by atoms with E-state index in [2.05, 4.69) is 24.3 Å². The maximum atomic E-state index is 5.83.